The molecule has 1 aromatic carbocycles. The summed E-state index contributed by atoms with van der Waals surface area (Å²) < 4.78 is 5.48. The van der Waals surface area contributed by atoms with E-state index >= 15 is 0 Å². The summed E-state index contributed by atoms with van der Waals surface area (Å²) in [5, 5.41) is 22.0. The third kappa shape index (κ3) is 5.93. The van der Waals surface area contributed by atoms with Gasteiger partial charge in [-0.25, -0.2) is 0 Å². The second kappa shape index (κ2) is 6.76. The van der Waals surface area contributed by atoms with Gasteiger partial charge in [0.05, 0.1) is 40.7 Å². The summed E-state index contributed by atoms with van der Waals surface area (Å²) in [5.74, 6) is 0. The van der Waals surface area contributed by atoms with Crippen molar-refractivity contribution in [3.63, 3.8) is 0 Å². The molecule has 0 aromatic heterocycles. The summed E-state index contributed by atoms with van der Waals surface area (Å²) >= 11 is 6.01. The van der Waals surface area contributed by atoms with Gasteiger partial charge in [-0.05, 0) is 39.0 Å². The van der Waals surface area contributed by atoms with Gasteiger partial charge in [-0.1, -0.05) is 11.6 Å². The van der Waals surface area contributed by atoms with Crippen LogP contribution < -0.4 is 5.32 Å². The van der Waals surface area contributed by atoms with Gasteiger partial charge in [0.2, 0.25) is 0 Å². The maximum absolute atomic E-state index is 9.78. The maximum Gasteiger partial charge on any atom is 0.0992 e. The van der Waals surface area contributed by atoms with Gasteiger partial charge >= 0.3 is 0 Å². The number of aliphatic hydroxyl groups is 1. The molecule has 0 spiro atoms. The van der Waals surface area contributed by atoms with Crippen molar-refractivity contribution in [3.05, 3.63) is 28.8 Å². The predicted molar refractivity (Wildman–Crippen MR) is 76.4 cm³/mol. The molecule has 1 unspecified atom stereocenters. The molecule has 1 aromatic rings. The zero-order chi connectivity index (χ0) is 14.5. The molecule has 0 saturated heterocycles. The Morgan fingerprint density at radius 3 is 2.68 bits per heavy atom. The summed E-state index contributed by atoms with van der Waals surface area (Å²) in [6, 6.07) is 6.99. The van der Waals surface area contributed by atoms with Crippen molar-refractivity contribution >= 4 is 17.3 Å². The number of benzene rings is 1. The topological polar surface area (TPSA) is 65.3 Å². The van der Waals surface area contributed by atoms with Crippen LogP contribution in [0.2, 0.25) is 5.02 Å². The quantitative estimate of drug-likeness (QED) is 0.871. The lowest BCUT2D eigenvalue weighted by atomic mass is 10.2. The van der Waals surface area contributed by atoms with Crippen LogP contribution in [0.1, 0.15) is 26.3 Å². The molecule has 0 saturated carbocycles. The highest BCUT2D eigenvalue weighted by molar-refractivity contribution is 6.33. The van der Waals surface area contributed by atoms with E-state index in [4.69, 9.17) is 21.6 Å². The molecule has 0 radical (unpaired) electrons. The standard InChI is InChI=1S/C14H19ClN2O2/c1-14(2,3)19-9-11(18)8-17-13-5-4-10(7-16)6-12(13)15/h4-6,11,17-18H,8-9H2,1-3H3. The maximum atomic E-state index is 9.78. The van der Waals surface area contributed by atoms with Crippen molar-refractivity contribution in [2.45, 2.75) is 32.5 Å². The molecule has 104 valence electrons. The first-order valence-electron chi connectivity index (χ1n) is 6.07. The lowest BCUT2D eigenvalue weighted by Gasteiger charge is -2.22. The first-order valence-corrected chi connectivity index (χ1v) is 6.45. The minimum atomic E-state index is -0.620. The van der Waals surface area contributed by atoms with Crippen LogP contribution in [-0.4, -0.2) is 30.0 Å². The molecule has 4 nitrogen and oxygen atoms in total. The van der Waals surface area contributed by atoms with Crippen molar-refractivity contribution in [2.75, 3.05) is 18.5 Å². The number of nitriles is 1. The van der Waals surface area contributed by atoms with Gasteiger partial charge in [-0.3, -0.25) is 0 Å². The molecule has 19 heavy (non-hydrogen) atoms. The first kappa shape index (κ1) is 15.8. The largest absolute Gasteiger partial charge is 0.389 e. The summed E-state index contributed by atoms with van der Waals surface area (Å²) in [6.45, 7) is 6.39. The zero-order valence-electron chi connectivity index (χ0n) is 11.4. The monoisotopic (exact) mass is 282 g/mol. The SMILES string of the molecule is CC(C)(C)OCC(O)CNc1ccc(C#N)cc1Cl. The minimum absolute atomic E-state index is 0.254. The second-order valence-electron chi connectivity index (χ2n) is 5.26. The van der Waals surface area contributed by atoms with Crippen LogP contribution in [0.25, 0.3) is 0 Å². The number of ether oxygens (including phenoxy) is 1. The summed E-state index contributed by atoms with van der Waals surface area (Å²) in [7, 11) is 0. The Kier molecular flexibility index (Phi) is 5.61. The van der Waals surface area contributed by atoms with Gasteiger partial charge in [0, 0.05) is 6.54 Å². The van der Waals surface area contributed by atoms with E-state index in [1.165, 1.54) is 0 Å². The van der Waals surface area contributed by atoms with Crippen molar-refractivity contribution in [1.29, 1.82) is 5.26 Å². The van der Waals surface area contributed by atoms with Crippen molar-refractivity contribution < 1.29 is 9.84 Å². The van der Waals surface area contributed by atoms with E-state index in [1.54, 1.807) is 18.2 Å². The zero-order valence-corrected chi connectivity index (χ0v) is 12.2. The van der Waals surface area contributed by atoms with Gasteiger partial charge in [-0.15, -0.1) is 0 Å². The highest BCUT2D eigenvalue weighted by Gasteiger charge is 2.13. The normalized spacial score (nSPS) is 12.8. The fourth-order valence-corrected chi connectivity index (χ4v) is 1.61. The van der Waals surface area contributed by atoms with E-state index in [0.717, 1.165) is 0 Å². The van der Waals surface area contributed by atoms with Crippen LogP contribution in [0.15, 0.2) is 18.2 Å². The van der Waals surface area contributed by atoms with Gasteiger partial charge in [-0.2, -0.15) is 5.26 Å². The Morgan fingerprint density at radius 2 is 2.16 bits per heavy atom. The number of rotatable bonds is 5. The highest BCUT2D eigenvalue weighted by Crippen LogP contribution is 2.22. The molecule has 0 aliphatic heterocycles. The fraction of sp³-hybridized carbons (Fsp3) is 0.500. The lowest BCUT2D eigenvalue weighted by molar-refractivity contribution is -0.0449. The number of hydrogen-bond donors (Lipinski definition) is 2. The Bertz CT molecular complexity index is 463. The number of hydrogen-bond acceptors (Lipinski definition) is 4. The molecule has 0 bridgehead atoms. The second-order valence-corrected chi connectivity index (χ2v) is 5.67. The third-order valence-corrected chi connectivity index (χ3v) is 2.65. The Morgan fingerprint density at radius 1 is 1.47 bits per heavy atom. The van der Waals surface area contributed by atoms with Crippen molar-refractivity contribution in [1.82, 2.24) is 0 Å². The Hall–Kier alpha value is -1.28. The van der Waals surface area contributed by atoms with Crippen LogP contribution in [0.5, 0.6) is 0 Å². The number of anilines is 1. The van der Waals surface area contributed by atoms with E-state index in [9.17, 15) is 5.11 Å². The minimum Gasteiger partial charge on any atom is -0.389 e. The molecule has 5 heteroatoms. The smallest absolute Gasteiger partial charge is 0.0992 e. The molecule has 0 heterocycles. The van der Waals surface area contributed by atoms with Crippen LogP contribution in [-0.2, 0) is 4.74 Å². The van der Waals surface area contributed by atoms with Gasteiger partial charge in [0.25, 0.3) is 0 Å². The molecule has 1 rings (SSSR count). The number of nitrogens with one attached hydrogen (secondary N) is 1. The molecule has 0 fully saturated rings. The van der Waals surface area contributed by atoms with Gasteiger partial charge in [0.15, 0.2) is 0 Å². The lowest BCUT2D eigenvalue weighted by Crippen LogP contribution is -2.30. The Labute approximate surface area is 119 Å². The van der Waals surface area contributed by atoms with Crippen LogP contribution in [0.4, 0.5) is 5.69 Å². The van der Waals surface area contributed by atoms with Crippen molar-refractivity contribution in [2.24, 2.45) is 0 Å². The Balaban J connectivity index is 2.46. The van der Waals surface area contributed by atoms with Crippen LogP contribution in [0, 0.1) is 11.3 Å². The molecule has 0 aliphatic carbocycles. The number of aliphatic hydroxyl groups excluding tert-OH is 1. The van der Waals surface area contributed by atoms with E-state index in [0.29, 0.717) is 22.8 Å². The summed E-state index contributed by atoms with van der Waals surface area (Å²) in [5.41, 5.74) is 0.926. The average Bonchev–Trinajstić information content (AvgIpc) is 2.34. The van der Waals surface area contributed by atoms with E-state index < -0.39 is 6.10 Å². The molecular formula is C14H19ClN2O2. The number of nitrogens with zero attached hydrogens (tertiary/aromatic N) is 1. The molecule has 0 amide bonds. The molecule has 1 atom stereocenters. The predicted octanol–water partition coefficient (Wildman–Crippen LogP) is 2.80. The van der Waals surface area contributed by atoms with Gasteiger partial charge in [0.1, 0.15) is 0 Å². The van der Waals surface area contributed by atoms with E-state index in [2.05, 4.69) is 5.32 Å². The summed E-state index contributed by atoms with van der Waals surface area (Å²) in [4.78, 5) is 0. The third-order valence-electron chi connectivity index (χ3n) is 2.34. The first-order chi connectivity index (χ1) is 8.81. The van der Waals surface area contributed by atoms with Gasteiger partial charge < -0.3 is 15.2 Å². The fourth-order valence-electron chi connectivity index (χ4n) is 1.36. The molecule has 0 aliphatic rings. The van der Waals surface area contributed by atoms with E-state index in [1.807, 2.05) is 26.8 Å². The van der Waals surface area contributed by atoms with E-state index in [-0.39, 0.29) is 12.2 Å². The van der Waals surface area contributed by atoms with Crippen LogP contribution >= 0.6 is 11.6 Å². The van der Waals surface area contributed by atoms with Crippen LogP contribution in [0.3, 0.4) is 0 Å². The van der Waals surface area contributed by atoms with Crippen molar-refractivity contribution in [3.8, 4) is 6.07 Å². The number of halogens is 1. The summed E-state index contributed by atoms with van der Waals surface area (Å²) in [6.07, 6.45) is -0.620. The highest BCUT2D eigenvalue weighted by atomic mass is 35.5. The molecular weight excluding hydrogens is 264 g/mol. The average molecular weight is 283 g/mol. The molecule has 2 N–H and O–H groups in total.